The molecule has 14 heteroatoms. The van der Waals surface area contributed by atoms with Gasteiger partial charge in [0.25, 0.3) is 0 Å². The molecule has 0 aromatic heterocycles. The van der Waals surface area contributed by atoms with Crippen molar-refractivity contribution in [3.8, 4) is 0 Å². The van der Waals surface area contributed by atoms with Gasteiger partial charge in [-0.1, -0.05) is 12.1 Å². The van der Waals surface area contributed by atoms with Crippen molar-refractivity contribution in [3.63, 3.8) is 0 Å². The summed E-state index contributed by atoms with van der Waals surface area (Å²) in [4.78, 5) is 43.8. The summed E-state index contributed by atoms with van der Waals surface area (Å²) in [6.45, 7) is 2.49. The van der Waals surface area contributed by atoms with Gasteiger partial charge in [0.1, 0.15) is 5.82 Å². The molecule has 2 fully saturated rings. The summed E-state index contributed by atoms with van der Waals surface area (Å²) in [5, 5.41) is 0. The van der Waals surface area contributed by atoms with E-state index in [1.165, 1.54) is 43.1 Å². The van der Waals surface area contributed by atoms with Gasteiger partial charge >= 0.3 is 18.4 Å². The molecule has 0 radical (unpaired) electrons. The summed E-state index contributed by atoms with van der Waals surface area (Å²) in [5.74, 6) is -1.65. The first-order chi connectivity index (χ1) is 20.0. The zero-order valence-electron chi connectivity index (χ0n) is 23.7. The second-order valence-electron chi connectivity index (χ2n) is 11.0. The number of piperidine rings is 1. The van der Waals surface area contributed by atoms with Gasteiger partial charge in [-0.15, -0.1) is 0 Å². The fraction of sp³-hybridized carbons (Fsp3) is 0.483. The fourth-order valence-corrected chi connectivity index (χ4v) is 5.72. The molecule has 0 aliphatic carbocycles. The number of likely N-dealkylation sites (N-methyl/N-ethyl adjacent to an activating group) is 1. The number of carbonyl (C=O) groups is 3. The zero-order valence-corrected chi connectivity index (χ0v) is 23.7. The number of hydrogen-bond acceptors (Lipinski definition) is 3. The lowest BCUT2D eigenvalue weighted by molar-refractivity contribution is -0.143. The third-order valence-corrected chi connectivity index (χ3v) is 8.23. The number of hydrogen-bond donors (Lipinski definition) is 0. The maximum Gasteiger partial charge on any atom is 0.416 e. The predicted molar refractivity (Wildman–Crippen MR) is 142 cm³/mol. The zero-order chi connectivity index (χ0) is 31.9. The Morgan fingerprint density at radius 3 is 1.84 bits per heavy atom. The normalized spacial score (nSPS) is 19.9. The summed E-state index contributed by atoms with van der Waals surface area (Å²) in [7, 11) is 2.43. The molecule has 0 N–H and O–H groups in total. The standard InChI is InChI=1S/C29H31F7N4O3/c1-17(41)39-10-8-19(9-11-39)26(42)40-15-24(18-4-6-22(30)7-5-18)25(16-40)38(3)27(43)37(2)23-13-20(28(31,32)33)12-21(14-23)29(34,35)36/h4-7,12-14,19,24-25H,8-11,15-16H2,1-3H3/t24-,25-/m1/s1. The Balaban J connectivity index is 1.61. The van der Waals surface area contributed by atoms with Crippen LogP contribution in [0.5, 0.6) is 0 Å². The molecule has 43 heavy (non-hydrogen) atoms. The number of benzene rings is 2. The summed E-state index contributed by atoms with van der Waals surface area (Å²) >= 11 is 0. The Labute approximate surface area is 243 Å². The van der Waals surface area contributed by atoms with Crippen LogP contribution in [0.1, 0.15) is 42.4 Å². The van der Waals surface area contributed by atoms with Crippen molar-refractivity contribution in [3.05, 3.63) is 65.0 Å². The van der Waals surface area contributed by atoms with E-state index in [0.29, 0.717) is 48.5 Å². The van der Waals surface area contributed by atoms with Crippen molar-refractivity contribution in [2.24, 2.45) is 5.92 Å². The van der Waals surface area contributed by atoms with E-state index in [2.05, 4.69) is 0 Å². The molecular formula is C29H31F7N4O3. The first kappa shape index (κ1) is 32.1. The van der Waals surface area contributed by atoms with Gasteiger partial charge in [0, 0.05) is 64.7 Å². The summed E-state index contributed by atoms with van der Waals surface area (Å²) < 4.78 is 94.3. The van der Waals surface area contributed by atoms with E-state index in [1.807, 2.05) is 0 Å². The SMILES string of the molecule is CC(=O)N1CCC(C(=O)N2C[C@H](c3ccc(F)cc3)[C@H](N(C)C(=O)N(C)c3cc(C(F)(F)F)cc(C(F)(F)F)c3)C2)CC1. The van der Waals surface area contributed by atoms with Crippen LogP contribution in [0.15, 0.2) is 42.5 Å². The van der Waals surface area contributed by atoms with Crippen LogP contribution in [0.2, 0.25) is 0 Å². The largest absolute Gasteiger partial charge is 0.416 e. The van der Waals surface area contributed by atoms with E-state index in [1.54, 1.807) is 9.80 Å². The highest BCUT2D eigenvalue weighted by molar-refractivity contribution is 5.92. The molecule has 0 saturated carbocycles. The Morgan fingerprint density at radius 1 is 0.814 bits per heavy atom. The van der Waals surface area contributed by atoms with Gasteiger partial charge in [-0.05, 0) is 48.7 Å². The van der Waals surface area contributed by atoms with Gasteiger partial charge < -0.3 is 14.7 Å². The molecule has 2 heterocycles. The molecule has 2 aromatic carbocycles. The summed E-state index contributed by atoms with van der Waals surface area (Å²) in [5.41, 5.74) is -3.12. The van der Waals surface area contributed by atoms with Gasteiger partial charge in [-0.3, -0.25) is 14.5 Å². The quantitative estimate of drug-likeness (QED) is 0.420. The maximum absolute atomic E-state index is 13.7. The lowest BCUT2D eigenvalue weighted by atomic mass is 9.93. The first-order valence-electron chi connectivity index (χ1n) is 13.6. The minimum Gasteiger partial charge on any atom is -0.343 e. The van der Waals surface area contributed by atoms with Crippen LogP contribution >= 0.6 is 0 Å². The van der Waals surface area contributed by atoms with Gasteiger partial charge in [0.15, 0.2) is 0 Å². The van der Waals surface area contributed by atoms with E-state index in [4.69, 9.17) is 0 Å². The van der Waals surface area contributed by atoms with E-state index in [-0.39, 0.29) is 36.9 Å². The van der Waals surface area contributed by atoms with Gasteiger partial charge in [-0.25, -0.2) is 9.18 Å². The molecule has 4 rings (SSSR count). The van der Waals surface area contributed by atoms with Crippen LogP contribution in [0.25, 0.3) is 0 Å². The molecule has 4 amide bonds. The van der Waals surface area contributed by atoms with Gasteiger partial charge in [-0.2, -0.15) is 26.3 Å². The average Bonchev–Trinajstić information content (AvgIpc) is 3.40. The molecule has 234 valence electrons. The van der Waals surface area contributed by atoms with E-state index >= 15 is 0 Å². The van der Waals surface area contributed by atoms with Crippen molar-refractivity contribution >= 4 is 23.5 Å². The lowest BCUT2D eigenvalue weighted by Crippen LogP contribution is -2.48. The minimum atomic E-state index is -5.09. The summed E-state index contributed by atoms with van der Waals surface area (Å²) in [6, 6.07) is 4.77. The Hall–Kier alpha value is -3.84. The number of carbonyl (C=O) groups excluding carboxylic acids is 3. The van der Waals surface area contributed by atoms with Crippen LogP contribution in [0, 0.1) is 11.7 Å². The van der Waals surface area contributed by atoms with Gasteiger partial charge in [0.2, 0.25) is 11.8 Å². The number of amides is 4. The van der Waals surface area contributed by atoms with E-state index in [9.17, 15) is 45.1 Å². The third-order valence-electron chi connectivity index (χ3n) is 8.23. The molecule has 2 aliphatic rings. The topological polar surface area (TPSA) is 64.2 Å². The summed E-state index contributed by atoms with van der Waals surface area (Å²) in [6.07, 6.45) is -9.27. The first-order valence-corrected chi connectivity index (χ1v) is 13.6. The second kappa shape index (κ2) is 12.0. The van der Waals surface area contributed by atoms with Crippen LogP contribution in [-0.2, 0) is 21.9 Å². The molecule has 2 aliphatic heterocycles. The van der Waals surface area contributed by atoms with Crippen molar-refractivity contribution < 1.29 is 45.1 Å². The number of halogens is 7. The maximum atomic E-state index is 13.7. The number of alkyl halides is 6. The molecule has 2 aromatic rings. The van der Waals surface area contributed by atoms with Crippen LogP contribution < -0.4 is 4.90 Å². The third kappa shape index (κ3) is 7.04. The van der Waals surface area contributed by atoms with Crippen molar-refractivity contribution in [2.75, 3.05) is 45.2 Å². The number of anilines is 1. The van der Waals surface area contributed by atoms with Crippen molar-refractivity contribution in [1.82, 2.24) is 14.7 Å². The number of likely N-dealkylation sites (tertiary alicyclic amines) is 2. The minimum absolute atomic E-state index is 0.0164. The number of rotatable bonds is 4. The van der Waals surface area contributed by atoms with Crippen LogP contribution in [-0.4, -0.2) is 78.9 Å². The Bertz CT molecular complexity index is 1320. The molecule has 0 unspecified atom stereocenters. The van der Waals surface area contributed by atoms with Crippen molar-refractivity contribution in [1.29, 1.82) is 0 Å². The van der Waals surface area contributed by atoms with Crippen LogP contribution in [0.4, 0.5) is 41.2 Å². The highest BCUT2D eigenvalue weighted by Crippen LogP contribution is 2.39. The predicted octanol–water partition coefficient (Wildman–Crippen LogP) is 5.60. The number of nitrogens with zero attached hydrogens (tertiary/aromatic N) is 4. The van der Waals surface area contributed by atoms with E-state index < -0.39 is 53.0 Å². The molecule has 2 saturated heterocycles. The Morgan fingerprint density at radius 2 is 1.35 bits per heavy atom. The monoisotopic (exact) mass is 616 g/mol. The smallest absolute Gasteiger partial charge is 0.343 e. The van der Waals surface area contributed by atoms with E-state index in [0.717, 1.165) is 7.05 Å². The number of urea groups is 1. The Kier molecular flexibility index (Phi) is 8.98. The van der Waals surface area contributed by atoms with Gasteiger partial charge in [0.05, 0.1) is 17.2 Å². The molecule has 7 nitrogen and oxygen atoms in total. The lowest BCUT2D eigenvalue weighted by Gasteiger charge is -2.33. The average molecular weight is 617 g/mol. The molecule has 0 spiro atoms. The van der Waals surface area contributed by atoms with Crippen LogP contribution in [0.3, 0.4) is 0 Å². The highest BCUT2D eigenvalue weighted by atomic mass is 19.4. The highest BCUT2D eigenvalue weighted by Gasteiger charge is 2.43. The second-order valence-corrected chi connectivity index (χ2v) is 11.0. The molecule has 0 bridgehead atoms. The molecular weight excluding hydrogens is 585 g/mol. The molecule has 2 atom stereocenters. The fourth-order valence-electron chi connectivity index (χ4n) is 5.72. The van der Waals surface area contributed by atoms with Crippen molar-refractivity contribution in [2.45, 2.75) is 44.1 Å².